The molecule has 1 saturated heterocycles. The minimum absolute atomic E-state index is 1.06. The van der Waals surface area contributed by atoms with Crippen molar-refractivity contribution in [2.75, 3.05) is 26.2 Å². The highest BCUT2D eigenvalue weighted by molar-refractivity contribution is 9.10. The highest BCUT2D eigenvalue weighted by Gasteiger charge is 2.17. The summed E-state index contributed by atoms with van der Waals surface area (Å²) in [5, 5.41) is 0. The minimum atomic E-state index is 1.06. The van der Waals surface area contributed by atoms with Crippen LogP contribution < -0.4 is 0 Å². The van der Waals surface area contributed by atoms with Crippen LogP contribution >= 0.6 is 15.9 Å². The van der Waals surface area contributed by atoms with Crippen molar-refractivity contribution in [2.24, 2.45) is 0 Å². The molecule has 0 radical (unpaired) electrons. The SMILES string of the molecule is Cc1ccccc1CN1CCN(Cc2ccc(Br)cc2)CC1. The zero-order chi connectivity index (χ0) is 15.4. The van der Waals surface area contributed by atoms with Crippen molar-refractivity contribution >= 4 is 15.9 Å². The van der Waals surface area contributed by atoms with Gasteiger partial charge in [-0.15, -0.1) is 0 Å². The summed E-state index contributed by atoms with van der Waals surface area (Å²) in [6, 6.07) is 17.4. The predicted molar refractivity (Wildman–Crippen MR) is 95.9 cm³/mol. The lowest BCUT2D eigenvalue weighted by Crippen LogP contribution is -2.45. The lowest BCUT2D eigenvalue weighted by molar-refractivity contribution is 0.122. The van der Waals surface area contributed by atoms with Gasteiger partial charge in [-0.05, 0) is 35.7 Å². The van der Waals surface area contributed by atoms with E-state index in [-0.39, 0.29) is 0 Å². The first-order valence-electron chi connectivity index (χ1n) is 7.94. The van der Waals surface area contributed by atoms with E-state index in [0.29, 0.717) is 0 Å². The average Bonchev–Trinajstić information content (AvgIpc) is 2.54. The van der Waals surface area contributed by atoms with Gasteiger partial charge >= 0.3 is 0 Å². The van der Waals surface area contributed by atoms with E-state index in [1.807, 2.05) is 0 Å². The van der Waals surface area contributed by atoms with Crippen molar-refractivity contribution in [1.29, 1.82) is 0 Å². The van der Waals surface area contributed by atoms with E-state index < -0.39 is 0 Å². The van der Waals surface area contributed by atoms with Gasteiger partial charge in [-0.1, -0.05) is 52.3 Å². The van der Waals surface area contributed by atoms with Crippen LogP contribution in [-0.2, 0) is 13.1 Å². The Morgan fingerprint density at radius 3 is 2.05 bits per heavy atom. The maximum Gasteiger partial charge on any atom is 0.0237 e. The summed E-state index contributed by atoms with van der Waals surface area (Å²) in [4.78, 5) is 5.12. The molecule has 0 saturated carbocycles. The molecule has 0 amide bonds. The van der Waals surface area contributed by atoms with Crippen LogP contribution in [-0.4, -0.2) is 36.0 Å². The molecule has 1 fully saturated rings. The molecule has 1 aliphatic rings. The van der Waals surface area contributed by atoms with Crippen molar-refractivity contribution in [3.05, 3.63) is 69.7 Å². The van der Waals surface area contributed by atoms with Gasteiger partial charge in [0.1, 0.15) is 0 Å². The van der Waals surface area contributed by atoms with Crippen molar-refractivity contribution in [3.8, 4) is 0 Å². The van der Waals surface area contributed by atoms with Crippen LogP contribution in [0.5, 0.6) is 0 Å². The maximum absolute atomic E-state index is 3.50. The minimum Gasteiger partial charge on any atom is -0.297 e. The van der Waals surface area contributed by atoms with Crippen LogP contribution in [0.4, 0.5) is 0 Å². The molecule has 2 aromatic carbocycles. The first-order valence-corrected chi connectivity index (χ1v) is 8.74. The number of hydrogen-bond acceptors (Lipinski definition) is 2. The number of nitrogens with zero attached hydrogens (tertiary/aromatic N) is 2. The molecule has 1 heterocycles. The summed E-state index contributed by atoms with van der Waals surface area (Å²) >= 11 is 3.50. The monoisotopic (exact) mass is 358 g/mol. The summed E-state index contributed by atoms with van der Waals surface area (Å²) in [5.41, 5.74) is 4.26. The van der Waals surface area contributed by atoms with Crippen LogP contribution in [0.15, 0.2) is 53.0 Å². The van der Waals surface area contributed by atoms with Crippen molar-refractivity contribution in [1.82, 2.24) is 9.80 Å². The molecule has 0 bridgehead atoms. The second-order valence-corrected chi connectivity index (χ2v) is 7.02. The Labute approximate surface area is 141 Å². The number of rotatable bonds is 4. The van der Waals surface area contributed by atoms with E-state index in [1.54, 1.807) is 0 Å². The summed E-state index contributed by atoms with van der Waals surface area (Å²) < 4.78 is 1.15. The molecule has 0 unspecified atom stereocenters. The highest BCUT2D eigenvalue weighted by Crippen LogP contribution is 2.15. The summed E-state index contributed by atoms with van der Waals surface area (Å²) in [6.07, 6.45) is 0. The Balaban J connectivity index is 1.50. The topological polar surface area (TPSA) is 6.48 Å². The first kappa shape index (κ1) is 15.7. The van der Waals surface area contributed by atoms with Gasteiger partial charge in [-0.3, -0.25) is 9.80 Å². The van der Waals surface area contributed by atoms with E-state index in [1.165, 1.54) is 16.7 Å². The third kappa shape index (κ3) is 4.19. The Kier molecular flexibility index (Phi) is 5.29. The van der Waals surface area contributed by atoms with E-state index in [9.17, 15) is 0 Å². The second kappa shape index (κ2) is 7.40. The second-order valence-electron chi connectivity index (χ2n) is 6.11. The van der Waals surface area contributed by atoms with Crippen LogP contribution in [0.1, 0.15) is 16.7 Å². The smallest absolute Gasteiger partial charge is 0.0237 e. The lowest BCUT2D eigenvalue weighted by atomic mass is 10.1. The first-order chi connectivity index (χ1) is 10.7. The van der Waals surface area contributed by atoms with Crippen LogP contribution in [0.2, 0.25) is 0 Å². The Hall–Kier alpha value is -1.16. The highest BCUT2D eigenvalue weighted by atomic mass is 79.9. The van der Waals surface area contributed by atoms with Gasteiger partial charge in [-0.25, -0.2) is 0 Å². The largest absolute Gasteiger partial charge is 0.297 e. The fourth-order valence-electron chi connectivity index (χ4n) is 2.98. The zero-order valence-electron chi connectivity index (χ0n) is 13.1. The summed E-state index contributed by atoms with van der Waals surface area (Å²) in [5.74, 6) is 0. The fraction of sp³-hybridized carbons (Fsp3) is 0.368. The number of hydrogen-bond donors (Lipinski definition) is 0. The Morgan fingerprint density at radius 2 is 1.41 bits per heavy atom. The number of halogens is 1. The molecule has 0 atom stereocenters. The molecule has 0 N–H and O–H groups in total. The normalized spacial score (nSPS) is 16.8. The molecular formula is C19H23BrN2. The van der Waals surface area contributed by atoms with Gasteiger partial charge in [0, 0.05) is 43.7 Å². The van der Waals surface area contributed by atoms with Gasteiger partial charge < -0.3 is 0 Å². The quantitative estimate of drug-likeness (QED) is 0.812. The zero-order valence-corrected chi connectivity index (χ0v) is 14.7. The molecular weight excluding hydrogens is 336 g/mol. The number of piperazine rings is 1. The fourth-order valence-corrected chi connectivity index (χ4v) is 3.25. The van der Waals surface area contributed by atoms with Gasteiger partial charge in [-0.2, -0.15) is 0 Å². The third-order valence-electron chi connectivity index (χ3n) is 4.44. The lowest BCUT2D eigenvalue weighted by Gasteiger charge is -2.35. The summed E-state index contributed by atoms with van der Waals surface area (Å²) in [6.45, 7) is 8.98. The van der Waals surface area contributed by atoms with Gasteiger partial charge in [0.15, 0.2) is 0 Å². The van der Waals surface area contributed by atoms with Crippen LogP contribution in [0.25, 0.3) is 0 Å². The number of benzene rings is 2. The van der Waals surface area contributed by atoms with Gasteiger partial charge in [0.25, 0.3) is 0 Å². The average molecular weight is 359 g/mol. The molecule has 1 aliphatic heterocycles. The standard InChI is InChI=1S/C19H23BrN2/c1-16-4-2-3-5-18(16)15-22-12-10-21(11-13-22)14-17-6-8-19(20)9-7-17/h2-9H,10-15H2,1H3. The molecule has 2 nitrogen and oxygen atoms in total. The predicted octanol–water partition coefficient (Wildman–Crippen LogP) is 4.08. The molecule has 116 valence electrons. The molecule has 3 rings (SSSR count). The van der Waals surface area contributed by atoms with E-state index in [4.69, 9.17) is 0 Å². The van der Waals surface area contributed by atoms with Gasteiger partial charge in [0.2, 0.25) is 0 Å². The maximum atomic E-state index is 3.50. The van der Waals surface area contributed by atoms with Crippen LogP contribution in [0.3, 0.4) is 0 Å². The molecule has 2 aromatic rings. The molecule has 22 heavy (non-hydrogen) atoms. The van der Waals surface area contributed by atoms with Gasteiger partial charge in [0.05, 0.1) is 0 Å². The Morgan fingerprint density at radius 1 is 0.818 bits per heavy atom. The third-order valence-corrected chi connectivity index (χ3v) is 4.97. The van der Waals surface area contributed by atoms with Crippen LogP contribution in [0, 0.1) is 6.92 Å². The van der Waals surface area contributed by atoms with Crippen molar-refractivity contribution < 1.29 is 0 Å². The number of aryl methyl sites for hydroxylation is 1. The Bertz CT molecular complexity index is 601. The molecule has 3 heteroatoms. The van der Waals surface area contributed by atoms with E-state index >= 15 is 0 Å². The van der Waals surface area contributed by atoms with E-state index in [2.05, 4.69) is 81.2 Å². The van der Waals surface area contributed by atoms with E-state index in [0.717, 1.165) is 43.7 Å². The van der Waals surface area contributed by atoms with Crippen molar-refractivity contribution in [3.63, 3.8) is 0 Å². The molecule has 0 aliphatic carbocycles. The van der Waals surface area contributed by atoms with Crippen molar-refractivity contribution in [2.45, 2.75) is 20.0 Å². The molecule has 0 spiro atoms. The molecule has 0 aromatic heterocycles. The summed E-state index contributed by atoms with van der Waals surface area (Å²) in [7, 11) is 0.